The van der Waals surface area contributed by atoms with Crippen LogP contribution in [0.25, 0.3) is 0 Å². The lowest BCUT2D eigenvalue weighted by Gasteiger charge is -2.11. The molecule has 1 unspecified atom stereocenters. The Labute approximate surface area is 174 Å². The highest BCUT2D eigenvalue weighted by atomic mass is 79.9. The number of thiazole rings is 1. The first-order chi connectivity index (χ1) is 13.5. The molecular weight excluding hydrogens is 444 g/mol. The van der Waals surface area contributed by atoms with Gasteiger partial charge in [0.15, 0.2) is 16.7 Å². The van der Waals surface area contributed by atoms with Gasteiger partial charge in [-0.3, -0.25) is 4.79 Å². The molecule has 0 amide bonds. The Hall–Kier alpha value is -2.49. The summed E-state index contributed by atoms with van der Waals surface area (Å²) in [5.74, 6) is 0.355. The first kappa shape index (κ1) is 20.2. The number of hydrogen-bond acceptors (Lipinski definition) is 7. The lowest BCUT2D eigenvalue weighted by atomic mass is 10.0. The molecule has 0 spiro atoms. The van der Waals surface area contributed by atoms with Crippen molar-refractivity contribution in [3.05, 3.63) is 58.1 Å². The second-order valence-corrected chi connectivity index (χ2v) is 7.77. The Kier molecular flexibility index (Phi) is 6.96. The minimum atomic E-state index is -0.860. The lowest BCUT2D eigenvalue weighted by Crippen LogP contribution is -2.20. The standard InChI is InChI=1S/C19H19BrN4O3S/c20-13-9-16(27-15-4-2-1-3-5-15)17(22-10-13)24-19-23-14(11-28-19)8-12(6-7-21)18(25)26/h1-5,9-12H,6-8,21H2,(H,25,26)(H,22,23,24). The number of rotatable bonds is 9. The van der Waals surface area contributed by atoms with Gasteiger partial charge in [0, 0.05) is 28.5 Å². The monoisotopic (exact) mass is 462 g/mol. The summed E-state index contributed by atoms with van der Waals surface area (Å²) < 4.78 is 6.71. The number of carboxylic acid groups (broad SMARTS) is 1. The van der Waals surface area contributed by atoms with E-state index in [-0.39, 0.29) is 0 Å². The van der Waals surface area contributed by atoms with Crippen molar-refractivity contribution in [2.24, 2.45) is 11.7 Å². The zero-order valence-electron chi connectivity index (χ0n) is 14.8. The van der Waals surface area contributed by atoms with Crippen LogP contribution in [-0.2, 0) is 11.2 Å². The van der Waals surface area contributed by atoms with E-state index >= 15 is 0 Å². The SMILES string of the molecule is NCCC(Cc1csc(Nc2ncc(Br)cc2Oc2ccccc2)n1)C(=O)O. The van der Waals surface area contributed by atoms with Gasteiger partial charge in [-0.1, -0.05) is 18.2 Å². The fraction of sp³-hybridized carbons (Fsp3) is 0.211. The third kappa shape index (κ3) is 5.51. The summed E-state index contributed by atoms with van der Waals surface area (Å²) in [6, 6.07) is 11.2. The second-order valence-electron chi connectivity index (χ2n) is 6.00. The van der Waals surface area contributed by atoms with Gasteiger partial charge in [-0.2, -0.15) is 0 Å². The van der Waals surface area contributed by atoms with Gasteiger partial charge >= 0.3 is 5.97 Å². The van der Waals surface area contributed by atoms with Crippen LogP contribution in [0.1, 0.15) is 12.1 Å². The molecule has 0 bridgehead atoms. The van der Waals surface area contributed by atoms with Crippen LogP contribution in [0.2, 0.25) is 0 Å². The number of ether oxygens (including phenoxy) is 1. The molecule has 3 rings (SSSR count). The molecule has 0 radical (unpaired) electrons. The van der Waals surface area contributed by atoms with Crippen LogP contribution in [0.5, 0.6) is 11.5 Å². The summed E-state index contributed by atoms with van der Waals surface area (Å²) in [5.41, 5.74) is 6.21. The number of aromatic nitrogens is 2. The number of nitrogens with one attached hydrogen (secondary N) is 1. The number of halogens is 1. The number of carbonyl (C=O) groups is 1. The van der Waals surface area contributed by atoms with Crippen molar-refractivity contribution in [2.75, 3.05) is 11.9 Å². The zero-order valence-corrected chi connectivity index (χ0v) is 17.2. The van der Waals surface area contributed by atoms with Crippen molar-refractivity contribution < 1.29 is 14.6 Å². The number of nitrogens with zero attached hydrogens (tertiary/aromatic N) is 2. The molecule has 146 valence electrons. The average Bonchev–Trinajstić information content (AvgIpc) is 3.11. The predicted octanol–water partition coefficient (Wildman–Crippen LogP) is 4.43. The minimum absolute atomic E-state index is 0.329. The fourth-order valence-electron chi connectivity index (χ4n) is 2.53. The zero-order chi connectivity index (χ0) is 19.9. The molecule has 2 heterocycles. The summed E-state index contributed by atoms with van der Waals surface area (Å²) in [5, 5.41) is 14.9. The highest BCUT2D eigenvalue weighted by molar-refractivity contribution is 9.10. The van der Waals surface area contributed by atoms with Crippen LogP contribution in [0.15, 0.2) is 52.4 Å². The van der Waals surface area contributed by atoms with Gasteiger partial charge in [-0.05, 0) is 41.0 Å². The third-order valence-electron chi connectivity index (χ3n) is 3.89. The number of benzene rings is 1. The molecule has 4 N–H and O–H groups in total. The number of anilines is 2. The predicted molar refractivity (Wildman–Crippen MR) is 112 cm³/mol. The molecule has 1 atom stereocenters. The highest BCUT2D eigenvalue weighted by Crippen LogP contribution is 2.33. The normalized spacial score (nSPS) is 11.8. The Morgan fingerprint density at radius 1 is 1.36 bits per heavy atom. The Morgan fingerprint density at radius 3 is 2.86 bits per heavy atom. The van der Waals surface area contributed by atoms with E-state index in [9.17, 15) is 9.90 Å². The Bertz CT molecular complexity index is 936. The van der Waals surface area contributed by atoms with Gasteiger partial charge in [-0.25, -0.2) is 9.97 Å². The Morgan fingerprint density at radius 2 is 2.14 bits per heavy atom. The van der Waals surface area contributed by atoms with Gasteiger partial charge in [-0.15, -0.1) is 11.3 Å². The van der Waals surface area contributed by atoms with E-state index in [1.165, 1.54) is 11.3 Å². The van der Waals surface area contributed by atoms with E-state index in [0.29, 0.717) is 47.5 Å². The second kappa shape index (κ2) is 9.63. The molecule has 28 heavy (non-hydrogen) atoms. The summed E-state index contributed by atoms with van der Waals surface area (Å²) in [4.78, 5) is 20.2. The molecule has 9 heteroatoms. The fourth-order valence-corrected chi connectivity index (χ4v) is 3.57. The van der Waals surface area contributed by atoms with Gasteiger partial charge in [0.05, 0.1) is 11.6 Å². The minimum Gasteiger partial charge on any atom is -0.481 e. The summed E-state index contributed by atoms with van der Waals surface area (Å²) in [6.45, 7) is 0.329. The van der Waals surface area contributed by atoms with Crippen LogP contribution in [0, 0.1) is 5.92 Å². The Balaban J connectivity index is 1.75. The van der Waals surface area contributed by atoms with Gasteiger partial charge in [0.1, 0.15) is 5.75 Å². The first-order valence-electron chi connectivity index (χ1n) is 8.58. The lowest BCUT2D eigenvalue weighted by molar-refractivity contribution is -0.141. The van der Waals surface area contributed by atoms with Crippen molar-refractivity contribution in [3.63, 3.8) is 0 Å². The van der Waals surface area contributed by atoms with Crippen molar-refractivity contribution in [2.45, 2.75) is 12.8 Å². The quantitative estimate of drug-likeness (QED) is 0.431. The molecule has 3 aromatic rings. The third-order valence-corrected chi connectivity index (χ3v) is 5.13. The van der Waals surface area contributed by atoms with Crippen molar-refractivity contribution in [1.82, 2.24) is 9.97 Å². The van der Waals surface area contributed by atoms with E-state index in [0.717, 1.165) is 4.47 Å². The molecule has 0 saturated carbocycles. The molecule has 0 aliphatic carbocycles. The molecule has 0 aliphatic rings. The molecule has 2 aromatic heterocycles. The van der Waals surface area contributed by atoms with Gasteiger partial charge < -0.3 is 20.9 Å². The maximum absolute atomic E-state index is 11.3. The molecule has 1 aromatic carbocycles. The summed E-state index contributed by atoms with van der Waals surface area (Å²) >= 11 is 4.79. The molecule has 7 nitrogen and oxygen atoms in total. The van der Waals surface area contributed by atoms with Crippen molar-refractivity contribution in [1.29, 1.82) is 0 Å². The average molecular weight is 463 g/mol. The van der Waals surface area contributed by atoms with Gasteiger partial charge in [0.25, 0.3) is 0 Å². The topological polar surface area (TPSA) is 110 Å². The maximum Gasteiger partial charge on any atom is 0.306 e. The summed E-state index contributed by atoms with van der Waals surface area (Å²) in [7, 11) is 0. The number of carboxylic acids is 1. The number of pyridine rings is 1. The summed E-state index contributed by atoms with van der Waals surface area (Å²) in [6.07, 6.45) is 2.42. The molecule has 0 saturated heterocycles. The van der Waals surface area contributed by atoms with Gasteiger partial charge in [0.2, 0.25) is 0 Å². The number of nitrogens with two attached hydrogens (primary N) is 1. The number of aliphatic carboxylic acids is 1. The number of para-hydroxylation sites is 1. The number of hydrogen-bond donors (Lipinski definition) is 3. The molecule has 0 fully saturated rings. The van der Waals surface area contributed by atoms with E-state index in [1.807, 2.05) is 41.8 Å². The van der Waals surface area contributed by atoms with E-state index in [1.54, 1.807) is 6.20 Å². The van der Waals surface area contributed by atoms with E-state index < -0.39 is 11.9 Å². The first-order valence-corrected chi connectivity index (χ1v) is 10.2. The van der Waals surface area contributed by atoms with E-state index in [2.05, 4.69) is 31.2 Å². The van der Waals surface area contributed by atoms with Crippen LogP contribution >= 0.6 is 27.3 Å². The van der Waals surface area contributed by atoms with Crippen molar-refractivity contribution >= 4 is 44.2 Å². The molecular formula is C19H19BrN4O3S. The molecule has 0 aliphatic heterocycles. The maximum atomic E-state index is 11.3. The van der Waals surface area contributed by atoms with Crippen LogP contribution < -0.4 is 15.8 Å². The van der Waals surface area contributed by atoms with Crippen LogP contribution in [-0.4, -0.2) is 27.6 Å². The van der Waals surface area contributed by atoms with Crippen LogP contribution in [0.3, 0.4) is 0 Å². The smallest absolute Gasteiger partial charge is 0.306 e. The largest absolute Gasteiger partial charge is 0.481 e. The van der Waals surface area contributed by atoms with Crippen molar-refractivity contribution in [3.8, 4) is 11.5 Å². The highest BCUT2D eigenvalue weighted by Gasteiger charge is 2.19. The van der Waals surface area contributed by atoms with E-state index in [4.69, 9.17) is 10.5 Å². The van der Waals surface area contributed by atoms with Crippen LogP contribution in [0.4, 0.5) is 10.9 Å².